The Balaban J connectivity index is 1.63. The number of nitrogens with one attached hydrogen (secondary N) is 1. The van der Waals surface area contributed by atoms with E-state index in [2.05, 4.69) is 10.3 Å². The van der Waals surface area contributed by atoms with E-state index in [0.717, 1.165) is 16.7 Å². The monoisotopic (exact) mass is 426 g/mol. The Kier molecular flexibility index (Phi) is 7.63. The Morgan fingerprint density at radius 3 is 2.63 bits per heavy atom. The second kappa shape index (κ2) is 10.6. The molecular weight excluding hydrogens is 404 g/mol. The molecule has 3 aromatic rings. The summed E-state index contributed by atoms with van der Waals surface area (Å²) in [5.74, 6) is -0.649. The molecule has 2 aromatic carbocycles. The maximum Gasteiger partial charge on any atom is 0.307 e. The highest BCUT2D eigenvalue weighted by molar-refractivity contribution is 6.30. The van der Waals surface area contributed by atoms with E-state index < -0.39 is 5.91 Å². The molecule has 0 aliphatic carbocycles. The zero-order valence-electron chi connectivity index (χ0n) is 16.6. The van der Waals surface area contributed by atoms with Crippen LogP contribution in [0.1, 0.15) is 35.9 Å². The highest BCUT2D eigenvalue weighted by atomic mass is 35.5. The van der Waals surface area contributed by atoms with Crippen molar-refractivity contribution >= 4 is 23.5 Å². The second-order valence-electron chi connectivity index (χ2n) is 6.79. The summed E-state index contributed by atoms with van der Waals surface area (Å²) in [5.41, 5.74) is 3.22. The summed E-state index contributed by atoms with van der Waals surface area (Å²) in [6, 6.07) is 15.5. The van der Waals surface area contributed by atoms with Crippen LogP contribution in [0.25, 0.3) is 11.1 Å². The van der Waals surface area contributed by atoms with E-state index in [0.29, 0.717) is 24.5 Å². The SMILES string of the molecule is CCOC(=O)C[C@@H](CCc1ccc(-c2cccc(Cl)c2)cc1)NC(=O)c1cnco1. The van der Waals surface area contributed by atoms with Crippen LogP contribution in [0.15, 0.2) is 65.5 Å². The van der Waals surface area contributed by atoms with Gasteiger partial charge in [-0.05, 0) is 48.6 Å². The molecule has 1 heterocycles. The first-order valence-corrected chi connectivity index (χ1v) is 10.1. The zero-order valence-corrected chi connectivity index (χ0v) is 17.4. The van der Waals surface area contributed by atoms with E-state index in [1.807, 2.05) is 48.5 Å². The van der Waals surface area contributed by atoms with Crippen molar-refractivity contribution in [3.63, 3.8) is 0 Å². The van der Waals surface area contributed by atoms with E-state index in [9.17, 15) is 9.59 Å². The summed E-state index contributed by atoms with van der Waals surface area (Å²) in [6.45, 7) is 2.05. The molecule has 6 nitrogen and oxygen atoms in total. The van der Waals surface area contributed by atoms with Crippen LogP contribution in [-0.4, -0.2) is 29.5 Å². The molecule has 0 bridgehead atoms. The summed E-state index contributed by atoms with van der Waals surface area (Å²) < 4.78 is 10.1. The van der Waals surface area contributed by atoms with Gasteiger partial charge in [0.1, 0.15) is 0 Å². The summed E-state index contributed by atoms with van der Waals surface area (Å²) in [6.07, 6.45) is 3.89. The number of rotatable bonds is 9. The lowest BCUT2D eigenvalue weighted by Gasteiger charge is -2.17. The molecule has 3 rings (SSSR count). The number of benzene rings is 2. The van der Waals surface area contributed by atoms with Crippen molar-refractivity contribution < 1.29 is 18.7 Å². The molecule has 156 valence electrons. The molecule has 1 atom stereocenters. The summed E-state index contributed by atoms with van der Waals surface area (Å²) in [7, 11) is 0. The molecule has 0 aliphatic rings. The van der Waals surface area contributed by atoms with Crippen molar-refractivity contribution in [1.82, 2.24) is 10.3 Å². The van der Waals surface area contributed by atoms with Crippen molar-refractivity contribution in [2.75, 3.05) is 6.61 Å². The van der Waals surface area contributed by atoms with Gasteiger partial charge in [0.2, 0.25) is 5.76 Å². The Hall–Kier alpha value is -3.12. The Morgan fingerprint density at radius 2 is 1.97 bits per heavy atom. The molecule has 0 aliphatic heterocycles. The second-order valence-corrected chi connectivity index (χ2v) is 7.23. The van der Waals surface area contributed by atoms with Gasteiger partial charge in [-0.1, -0.05) is 48.0 Å². The van der Waals surface area contributed by atoms with Crippen molar-refractivity contribution in [1.29, 1.82) is 0 Å². The first kappa shape index (κ1) is 21.6. The van der Waals surface area contributed by atoms with Gasteiger partial charge in [-0.3, -0.25) is 9.59 Å². The largest absolute Gasteiger partial charge is 0.466 e. The zero-order chi connectivity index (χ0) is 21.3. The van der Waals surface area contributed by atoms with Crippen LogP contribution in [0.5, 0.6) is 0 Å². The van der Waals surface area contributed by atoms with Crippen molar-refractivity contribution in [2.24, 2.45) is 0 Å². The molecule has 0 spiro atoms. The average Bonchev–Trinajstić information content (AvgIpc) is 3.28. The molecule has 1 amide bonds. The van der Waals surface area contributed by atoms with Gasteiger partial charge in [-0.2, -0.15) is 0 Å². The predicted molar refractivity (Wildman–Crippen MR) is 114 cm³/mol. The number of esters is 1. The van der Waals surface area contributed by atoms with Gasteiger partial charge in [0.25, 0.3) is 5.91 Å². The van der Waals surface area contributed by atoms with Crippen molar-refractivity contribution in [3.8, 4) is 11.1 Å². The van der Waals surface area contributed by atoms with Crippen molar-refractivity contribution in [3.05, 3.63) is 77.5 Å². The van der Waals surface area contributed by atoms with Crippen LogP contribution in [-0.2, 0) is 16.0 Å². The van der Waals surface area contributed by atoms with Crippen LogP contribution >= 0.6 is 11.6 Å². The predicted octanol–water partition coefficient (Wildman–Crippen LogP) is 4.68. The Labute approximate surface area is 180 Å². The summed E-state index contributed by atoms with van der Waals surface area (Å²) in [5, 5.41) is 3.53. The maximum atomic E-state index is 12.3. The quantitative estimate of drug-likeness (QED) is 0.502. The molecule has 0 fully saturated rings. The minimum absolute atomic E-state index is 0.0916. The number of ether oxygens (including phenoxy) is 1. The molecule has 7 heteroatoms. The smallest absolute Gasteiger partial charge is 0.307 e. The number of nitrogens with zero attached hydrogens (tertiary/aromatic N) is 1. The minimum atomic E-state index is -0.405. The lowest BCUT2D eigenvalue weighted by molar-refractivity contribution is -0.143. The van der Waals surface area contributed by atoms with Crippen LogP contribution in [0.4, 0.5) is 0 Å². The first-order chi connectivity index (χ1) is 14.5. The lowest BCUT2D eigenvalue weighted by Crippen LogP contribution is -2.37. The third-order valence-corrected chi connectivity index (χ3v) is 4.84. The lowest BCUT2D eigenvalue weighted by atomic mass is 9.99. The number of carbonyl (C=O) groups is 2. The van der Waals surface area contributed by atoms with Gasteiger partial charge in [0.05, 0.1) is 19.2 Å². The summed E-state index contributed by atoms with van der Waals surface area (Å²) in [4.78, 5) is 28.0. The molecular formula is C23H23ClN2O4. The van der Waals surface area contributed by atoms with Gasteiger partial charge >= 0.3 is 5.97 Å². The third kappa shape index (κ3) is 6.19. The number of oxazole rings is 1. The van der Waals surface area contributed by atoms with Crippen LogP contribution in [0.3, 0.4) is 0 Å². The van der Waals surface area contributed by atoms with Crippen LogP contribution in [0.2, 0.25) is 5.02 Å². The van der Waals surface area contributed by atoms with E-state index >= 15 is 0 Å². The highest BCUT2D eigenvalue weighted by Crippen LogP contribution is 2.23. The molecule has 1 aromatic heterocycles. The van der Waals surface area contributed by atoms with Gasteiger partial charge in [0, 0.05) is 11.1 Å². The number of aryl methyl sites for hydroxylation is 1. The number of hydrogen-bond acceptors (Lipinski definition) is 5. The van der Waals surface area contributed by atoms with Gasteiger partial charge in [-0.15, -0.1) is 0 Å². The molecule has 1 N–H and O–H groups in total. The Morgan fingerprint density at radius 1 is 1.17 bits per heavy atom. The van der Waals surface area contributed by atoms with Gasteiger partial charge in [0.15, 0.2) is 6.39 Å². The topological polar surface area (TPSA) is 81.4 Å². The van der Waals surface area contributed by atoms with Crippen LogP contribution in [0, 0.1) is 0 Å². The van der Waals surface area contributed by atoms with Gasteiger partial charge < -0.3 is 14.5 Å². The van der Waals surface area contributed by atoms with E-state index in [-0.39, 0.29) is 24.2 Å². The number of carbonyl (C=O) groups excluding carboxylic acids is 2. The fourth-order valence-electron chi connectivity index (χ4n) is 3.10. The normalized spacial score (nSPS) is 11.7. The van der Waals surface area contributed by atoms with Gasteiger partial charge in [-0.25, -0.2) is 4.98 Å². The number of hydrogen-bond donors (Lipinski definition) is 1. The first-order valence-electron chi connectivity index (χ1n) is 9.75. The number of aromatic nitrogens is 1. The fraction of sp³-hybridized carbons (Fsp3) is 0.261. The maximum absolute atomic E-state index is 12.3. The summed E-state index contributed by atoms with van der Waals surface area (Å²) >= 11 is 6.07. The fourth-order valence-corrected chi connectivity index (χ4v) is 3.29. The Bertz CT molecular complexity index is 971. The molecule has 0 saturated heterocycles. The molecule has 0 saturated carbocycles. The molecule has 30 heavy (non-hydrogen) atoms. The van der Waals surface area contributed by atoms with E-state index in [1.165, 1.54) is 12.6 Å². The van der Waals surface area contributed by atoms with E-state index in [4.69, 9.17) is 20.8 Å². The number of halogens is 1. The van der Waals surface area contributed by atoms with E-state index in [1.54, 1.807) is 6.92 Å². The average molecular weight is 427 g/mol. The number of amides is 1. The van der Waals surface area contributed by atoms with Crippen molar-refractivity contribution in [2.45, 2.75) is 32.2 Å². The highest BCUT2D eigenvalue weighted by Gasteiger charge is 2.20. The third-order valence-electron chi connectivity index (χ3n) is 4.60. The molecule has 0 unspecified atom stereocenters. The standard InChI is InChI=1S/C23H23ClN2O4/c1-2-29-22(27)13-20(26-23(28)21-14-25-15-30-21)11-8-16-6-9-17(10-7-16)18-4-3-5-19(24)12-18/h3-7,9-10,12,14-15,20H,2,8,11,13H2,1H3,(H,26,28)/t20-/m1/s1. The van der Waals surface area contributed by atoms with Crippen LogP contribution < -0.4 is 5.32 Å². The minimum Gasteiger partial charge on any atom is -0.466 e. The molecule has 0 radical (unpaired) electrons.